The molecule has 0 aromatic heterocycles. The average molecular weight is 398 g/mol. The van der Waals surface area contributed by atoms with Gasteiger partial charge in [0.25, 0.3) is 5.91 Å². The summed E-state index contributed by atoms with van der Waals surface area (Å²) in [7, 11) is 0. The van der Waals surface area contributed by atoms with E-state index in [0.29, 0.717) is 32.6 Å². The van der Waals surface area contributed by atoms with Crippen molar-refractivity contribution >= 4 is 24.2 Å². The number of rotatable bonds is 2. The van der Waals surface area contributed by atoms with Crippen LogP contribution in [0.25, 0.3) is 0 Å². The first kappa shape index (κ1) is 21.6. The molecule has 1 aliphatic carbocycles. The summed E-state index contributed by atoms with van der Waals surface area (Å²) < 4.78 is 13.9. The Morgan fingerprint density at radius 3 is 2.44 bits per heavy atom. The first-order valence-corrected chi connectivity index (χ1v) is 9.51. The van der Waals surface area contributed by atoms with Crippen molar-refractivity contribution in [1.82, 2.24) is 9.80 Å². The van der Waals surface area contributed by atoms with Gasteiger partial charge >= 0.3 is 0 Å². The molecule has 2 N–H and O–H groups in total. The van der Waals surface area contributed by atoms with E-state index in [1.165, 1.54) is 12.1 Å². The number of nitrogens with zero attached hydrogens (tertiary/aromatic N) is 2. The number of hydrogen-bond acceptors (Lipinski definition) is 3. The lowest BCUT2D eigenvalue weighted by Gasteiger charge is -2.39. The molecule has 0 radical (unpaired) electrons. The van der Waals surface area contributed by atoms with Crippen molar-refractivity contribution in [1.29, 1.82) is 0 Å². The second kappa shape index (κ2) is 9.02. The van der Waals surface area contributed by atoms with Crippen molar-refractivity contribution in [3.8, 4) is 0 Å². The van der Waals surface area contributed by atoms with E-state index in [0.717, 1.165) is 25.7 Å². The summed E-state index contributed by atoms with van der Waals surface area (Å²) in [5.74, 6) is -0.852. The van der Waals surface area contributed by atoms with Crippen LogP contribution in [0.4, 0.5) is 4.39 Å². The number of carbonyl (C=O) groups is 2. The van der Waals surface area contributed by atoms with Crippen molar-refractivity contribution in [3.05, 3.63) is 35.6 Å². The monoisotopic (exact) mass is 397 g/mol. The van der Waals surface area contributed by atoms with Crippen LogP contribution in [0.5, 0.6) is 0 Å². The standard InChI is InChI=1S/C20H28FN3O2.ClH/c1-20(22)10-5-4-8-16(20)19(26)24-12-6-11-23(13-14-24)18(25)15-7-2-3-9-17(15)21;/h2-3,7,9,16H,4-6,8,10-14,22H2,1H3;1H. The van der Waals surface area contributed by atoms with Crippen molar-refractivity contribution < 1.29 is 14.0 Å². The van der Waals surface area contributed by atoms with Crippen LogP contribution in [0.15, 0.2) is 24.3 Å². The molecule has 1 saturated carbocycles. The van der Waals surface area contributed by atoms with Gasteiger partial charge in [-0.15, -0.1) is 12.4 Å². The minimum Gasteiger partial charge on any atom is -0.341 e. The van der Waals surface area contributed by atoms with Crippen molar-refractivity contribution in [2.24, 2.45) is 11.7 Å². The third-order valence-electron chi connectivity index (χ3n) is 5.75. The first-order chi connectivity index (χ1) is 12.4. The predicted molar refractivity (Wildman–Crippen MR) is 105 cm³/mol. The molecule has 2 amide bonds. The topological polar surface area (TPSA) is 66.6 Å². The maximum Gasteiger partial charge on any atom is 0.256 e. The van der Waals surface area contributed by atoms with E-state index < -0.39 is 11.4 Å². The van der Waals surface area contributed by atoms with Crippen LogP contribution in [0, 0.1) is 11.7 Å². The van der Waals surface area contributed by atoms with E-state index in [1.807, 2.05) is 11.8 Å². The van der Waals surface area contributed by atoms with E-state index in [-0.39, 0.29) is 35.7 Å². The molecular weight excluding hydrogens is 369 g/mol. The molecule has 7 heteroatoms. The zero-order valence-electron chi connectivity index (χ0n) is 15.8. The van der Waals surface area contributed by atoms with Crippen LogP contribution in [-0.2, 0) is 4.79 Å². The largest absolute Gasteiger partial charge is 0.341 e. The Labute approximate surface area is 166 Å². The van der Waals surface area contributed by atoms with Gasteiger partial charge < -0.3 is 15.5 Å². The first-order valence-electron chi connectivity index (χ1n) is 9.51. The van der Waals surface area contributed by atoms with E-state index in [9.17, 15) is 14.0 Å². The zero-order valence-corrected chi connectivity index (χ0v) is 16.6. The Kier molecular flexibility index (Phi) is 7.23. The smallest absolute Gasteiger partial charge is 0.256 e. The second-order valence-electron chi connectivity index (χ2n) is 7.76. The maximum atomic E-state index is 13.9. The van der Waals surface area contributed by atoms with Crippen LogP contribution in [-0.4, -0.2) is 53.3 Å². The Bertz CT molecular complexity index is 683. The molecule has 1 aromatic rings. The fraction of sp³-hybridized carbons (Fsp3) is 0.600. The van der Waals surface area contributed by atoms with Crippen LogP contribution >= 0.6 is 12.4 Å². The van der Waals surface area contributed by atoms with Crippen LogP contribution < -0.4 is 5.73 Å². The molecule has 1 aliphatic heterocycles. The van der Waals surface area contributed by atoms with Crippen molar-refractivity contribution in [2.75, 3.05) is 26.2 Å². The molecule has 27 heavy (non-hydrogen) atoms. The number of benzene rings is 1. The van der Waals surface area contributed by atoms with Gasteiger partial charge in [0.15, 0.2) is 0 Å². The molecule has 3 rings (SSSR count). The molecule has 5 nitrogen and oxygen atoms in total. The Morgan fingerprint density at radius 2 is 1.74 bits per heavy atom. The number of hydrogen-bond donors (Lipinski definition) is 1. The molecule has 2 aliphatic rings. The minimum absolute atomic E-state index is 0. The lowest BCUT2D eigenvalue weighted by Crippen LogP contribution is -2.54. The van der Waals surface area contributed by atoms with Crippen molar-refractivity contribution in [2.45, 2.75) is 44.6 Å². The van der Waals surface area contributed by atoms with Gasteiger partial charge in [-0.05, 0) is 38.3 Å². The summed E-state index contributed by atoms with van der Waals surface area (Å²) in [4.78, 5) is 29.1. The number of carbonyl (C=O) groups excluding carboxylic acids is 2. The molecule has 0 spiro atoms. The number of nitrogens with two attached hydrogens (primary N) is 1. The highest BCUT2D eigenvalue weighted by molar-refractivity contribution is 5.94. The molecule has 1 aromatic carbocycles. The highest BCUT2D eigenvalue weighted by atomic mass is 35.5. The normalized spacial score (nSPS) is 26.1. The lowest BCUT2D eigenvalue weighted by molar-refractivity contribution is -0.138. The Morgan fingerprint density at radius 1 is 1.07 bits per heavy atom. The highest BCUT2D eigenvalue weighted by Crippen LogP contribution is 2.33. The number of amides is 2. The van der Waals surface area contributed by atoms with Crippen LogP contribution in [0.2, 0.25) is 0 Å². The third-order valence-corrected chi connectivity index (χ3v) is 5.75. The summed E-state index contributed by atoms with van der Waals surface area (Å²) in [6.45, 7) is 4.02. The van der Waals surface area contributed by atoms with E-state index in [2.05, 4.69) is 0 Å². The molecule has 2 atom stereocenters. The molecule has 2 unspecified atom stereocenters. The molecule has 0 bridgehead atoms. The van der Waals surface area contributed by atoms with Gasteiger partial charge in [0.2, 0.25) is 5.91 Å². The minimum atomic E-state index is -0.504. The van der Waals surface area contributed by atoms with Gasteiger partial charge in [0.1, 0.15) is 5.82 Å². The highest BCUT2D eigenvalue weighted by Gasteiger charge is 2.40. The Hall–Kier alpha value is -1.66. The SMILES string of the molecule is CC1(N)CCCCC1C(=O)N1CCCN(C(=O)c2ccccc2F)CC1.Cl. The summed E-state index contributed by atoms with van der Waals surface area (Å²) in [6, 6.07) is 6.04. The molecule has 2 fully saturated rings. The van der Waals surface area contributed by atoms with Gasteiger partial charge in [-0.25, -0.2) is 4.39 Å². The van der Waals surface area contributed by atoms with Gasteiger partial charge in [-0.2, -0.15) is 0 Å². The van der Waals surface area contributed by atoms with Gasteiger partial charge in [-0.3, -0.25) is 9.59 Å². The fourth-order valence-electron chi connectivity index (χ4n) is 4.13. The third kappa shape index (κ3) is 4.79. The number of halogens is 2. The predicted octanol–water partition coefficient (Wildman–Crippen LogP) is 2.83. The van der Waals surface area contributed by atoms with E-state index >= 15 is 0 Å². The maximum absolute atomic E-state index is 13.9. The summed E-state index contributed by atoms with van der Waals surface area (Å²) in [5, 5.41) is 0. The summed E-state index contributed by atoms with van der Waals surface area (Å²) >= 11 is 0. The van der Waals surface area contributed by atoms with Gasteiger partial charge in [-0.1, -0.05) is 25.0 Å². The molecular formula is C20H29ClFN3O2. The lowest BCUT2D eigenvalue weighted by atomic mass is 9.74. The summed E-state index contributed by atoms with van der Waals surface area (Å²) in [5.41, 5.74) is 6.02. The summed E-state index contributed by atoms with van der Waals surface area (Å²) in [6.07, 6.45) is 4.51. The fourth-order valence-corrected chi connectivity index (χ4v) is 4.13. The van der Waals surface area contributed by atoms with Crippen LogP contribution in [0.1, 0.15) is 49.4 Å². The van der Waals surface area contributed by atoms with Crippen LogP contribution in [0.3, 0.4) is 0 Å². The molecule has 150 valence electrons. The van der Waals surface area contributed by atoms with E-state index in [4.69, 9.17) is 5.73 Å². The molecule has 1 saturated heterocycles. The second-order valence-corrected chi connectivity index (χ2v) is 7.76. The van der Waals surface area contributed by atoms with Crippen molar-refractivity contribution in [3.63, 3.8) is 0 Å². The Balaban J connectivity index is 0.00000261. The van der Waals surface area contributed by atoms with Gasteiger partial charge in [0, 0.05) is 31.7 Å². The quantitative estimate of drug-likeness (QED) is 0.834. The molecule has 1 heterocycles. The zero-order chi connectivity index (χ0) is 18.7. The van der Waals surface area contributed by atoms with E-state index in [1.54, 1.807) is 17.0 Å². The average Bonchev–Trinajstić information content (AvgIpc) is 2.87. The van der Waals surface area contributed by atoms with Gasteiger partial charge in [0.05, 0.1) is 11.5 Å².